The monoisotopic (exact) mass is 320 g/mol. The Bertz CT molecular complexity index is 320. The van der Waals surface area contributed by atoms with E-state index in [2.05, 4.69) is 22.0 Å². The zero-order chi connectivity index (χ0) is 12.5. The molecule has 0 fully saturated rings. The number of rotatable bonds is 8. The summed E-state index contributed by atoms with van der Waals surface area (Å²) >= 11 is 9.57. The molecule has 0 aliphatic carbocycles. The van der Waals surface area contributed by atoms with E-state index in [1.807, 2.05) is 18.2 Å². The summed E-state index contributed by atoms with van der Waals surface area (Å²) in [6.45, 7) is 1.99. The van der Waals surface area contributed by atoms with Crippen LogP contribution in [-0.4, -0.2) is 32.8 Å². The summed E-state index contributed by atoms with van der Waals surface area (Å²) in [7, 11) is 1.67. The van der Waals surface area contributed by atoms with Crippen molar-refractivity contribution >= 4 is 27.5 Å². The lowest BCUT2D eigenvalue weighted by Gasteiger charge is -2.16. The Hall–Kier alpha value is -0.0900. The molecule has 2 nitrogen and oxygen atoms in total. The second-order valence-electron chi connectivity index (χ2n) is 3.77. The maximum atomic E-state index is 6.01. The lowest BCUT2D eigenvalue weighted by atomic mass is 9.98. The standard InChI is InChI=1S/C13H18BrClO2/c1-16-8-9-17-7-6-11(10-15)12-4-2-3-5-13(12)14/h2-5,11H,6-10H2,1H3. The van der Waals surface area contributed by atoms with Crippen LogP contribution in [0.25, 0.3) is 0 Å². The van der Waals surface area contributed by atoms with Gasteiger partial charge < -0.3 is 9.47 Å². The molecule has 0 aliphatic heterocycles. The van der Waals surface area contributed by atoms with E-state index in [4.69, 9.17) is 21.1 Å². The topological polar surface area (TPSA) is 18.5 Å². The molecule has 0 heterocycles. The Labute approximate surface area is 116 Å². The van der Waals surface area contributed by atoms with Crippen molar-refractivity contribution in [2.24, 2.45) is 0 Å². The molecule has 0 saturated carbocycles. The maximum Gasteiger partial charge on any atom is 0.0700 e. The molecule has 1 unspecified atom stereocenters. The number of ether oxygens (including phenoxy) is 2. The molecule has 96 valence electrons. The molecular weight excluding hydrogens is 303 g/mol. The van der Waals surface area contributed by atoms with Crippen molar-refractivity contribution in [3.8, 4) is 0 Å². The minimum Gasteiger partial charge on any atom is -0.382 e. The van der Waals surface area contributed by atoms with Gasteiger partial charge in [0, 0.05) is 30.0 Å². The number of alkyl halides is 1. The highest BCUT2D eigenvalue weighted by atomic mass is 79.9. The van der Waals surface area contributed by atoms with Crippen LogP contribution in [0, 0.1) is 0 Å². The van der Waals surface area contributed by atoms with Gasteiger partial charge in [0.15, 0.2) is 0 Å². The van der Waals surface area contributed by atoms with Crippen molar-refractivity contribution in [2.75, 3.05) is 32.8 Å². The fraction of sp³-hybridized carbons (Fsp3) is 0.538. The number of hydrogen-bond donors (Lipinski definition) is 0. The average Bonchev–Trinajstić information content (AvgIpc) is 2.35. The SMILES string of the molecule is COCCOCCC(CCl)c1ccccc1Br. The van der Waals surface area contributed by atoms with E-state index in [0.29, 0.717) is 31.6 Å². The van der Waals surface area contributed by atoms with Crippen LogP contribution in [0.4, 0.5) is 0 Å². The fourth-order valence-corrected chi connectivity index (χ4v) is 2.52. The molecule has 4 heteroatoms. The van der Waals surface area contributed by atoms with Crippen LogP contribution < -0.4 is 0 Å². The largest absolute Gasteiger partial charge is 0.382 e. The molecule has 0 aromatic heterocycles. The molecule has 0 radical (unpaired) electrons. The molecule has 1 atom stereocenters. The molecule has 0 saturated heterocycles. The second-order valence-corrected chi connectivity index (χ2v) is 4.93. The highest BCUT2D eigenvalue weighted by Crippen LogP contribution is 2.28. The third-order valence-corrected chi connectivity index (χ3v) is 3.67. The zero-order valence-electron chi connectivity index (χ0n) is 9.99. The van der Waals surface area contributed by atoms with Crippen molar-refractivity contribution < 1.29 is 9.47 Å². The molecule has 0 spiro atoms. The summed E-state index contributed by atoms with van der Waals surface area (Å²) in [6.07, 6.45) is 0.926. The summed E-state index contributed by atoms with van der Waals surface area (Å²) < 4.78 is 11.5. The van der Waals surface area contributed by atoms with Crippen LogP contribution in [-0.2, 0) is 9.47 Å². The van der Waals surface area contributed by atoms with Gasteiger partial charge in [0.25, 0.3) is 0 Å². The van der Waals surface area contributed by atoms with E-state index >= 15 is 0 Å². The van der Waals surface area contributed by atoms with Gasteiger partial charge in [-0.2, -0.15) is 0 Å². The summed E-state index contributed by atoms with van der Waals surface area (Å²) in [5.74, 6) is 0.936. The molecule has 0 bridgehead atoms. The summed E-state index contributed by atoms with van der Waals surface area (Å²) in [4.78, 5) is 0. The van der Waals surface area contributed by atoms with Crippen LogP contribution in [0.15, 0.2) is 28.7 Å². The van der Waals surface area contributed by atoms with Crippen LogP contribution in [0.3, 0.4) is 0 Å². The van der Waals surface area contributed by atoms with Gasteiger partial charge in [-0.3, -0.25) is 0 Å². The Morgan fingerprint density at radius 3 is 2.65 bits per heavy atom. The first kappa shape index (κ1) is 15.0. The minimum atomic E-state index is 0.329. The molecule has 0 amide bonds. The lowest BCUT2D eigenvalue weighted by Crippen LogP contribution is -2.09. The predicted molar refractivity (Wildman–Crippen MR) is 74.9 cm³/mol. The molecular formula is C13H18BrClO2. The first-order valence-electron chi connectivity index (χ1n) is 5.66. The van der Waals surface area contributed by atoms with Gasteiger partial charge in [0.05, 0.1) is 13.2 Å². The molecule has 0 aliphatic rings. The number of benzene rings is 1. The van der Waals surface area contributed by atoms with Gasteiger partial charge in [0.1, 0.15) is 0 Å². The lowest BCUT2D eigenvalue weighted by molar-refractivity contribution is 0.0676. The van der Waals surface area contributed by atoms with Crippen molar-refractivity contribution in [1.29, 1.82) is 0 Å². The van der Waals surface area contributed by atoms with E-state index < -0.39 is 0 Å². The van der Waals surface area contributed by atoms with Crippen LogP contribution in [0.2, 0.25) is 0 Å². The predicted octanol–water partition coefficient (Wildman–Crippen LogP) is 3.82. The van der Waals surface area contributed by atoms with Crippen LogP contribution in [0.5, 0.6) is 0 Å². The van der Waals surface area contributed by atoms with Crippen LogP contribution >= 0.6 is 27.5 Å². The van der Waals surface area contributed by atoms with Gasteiger partial charge >= 0.3 is 0 Å². The third-order valence-electron chi connectivity index (χ3n) is 2.57. The molecule has 17 heavy (non-hydrogen) atoms. The zero-order valence-corrected chi connectivity index (χ0v) is 12.3. The third kappa shape index (κ3) is 5.38. The van der Waals surface area contributed by atoms with E-state index in [1.165, 1.54) is 5.56 Å². The number of hydrogen-bond acceptors (Lipinski definition) is 2. The van der Waals surface area contributed by atoms with Crippen molar-refractivity contribution in [2.45, 2.75) is 12.3 Å². The van der Waals surface area contributed by atoms with Gasteiger partial charge in [-0.05, 0) is 18.1 Å². The highest BCUT2D eigenvalue weighted by Gasteiger charge is 2.12. The first-order chi connectivity index (χ1) is 8.29. The quantitative estimate of drug-likeness (QED) is 0.535. The van der Waals surface area contributed by atoms with E-state index in [1.54, 1.807) is 7.11 Å². The summed E-state index contributed by atoms with van der Waals surface area (Å²) in [5, 5.41) is 0. The van der Waals surface area contributed by atoms with Crippen molar-refractivity contribution in [3.63, 3.8) is 0 Å². The fourth-order valence-electron chi connectivity index (χ4n) is 1.59. The van der Waals surface area contributed by atoms with Gasteiger partial charge in [0.2, 0.25) is 0 Å². The van der Waals surface area contributed by atoms with E-state index in [0.717, 1.165) is 10.9 Å². The Morgan fingerprint density at radius 1 is 1.24 bits per heavy atom. The maximum absolute atomic E-state index is 6.01. The van der Waals surface area contributed by atoms with Crippen molar-refractivity contribution in [3.05, 3.63) is 34.3 Å². The first-order valence-corrected chi connectivity index (χ1v) is 6.99. The van der Waals surface area contributed by atoms with E-state index in [9.17, 15) is 0 Å². The number of methoxy groups -OCH3 is 1. The van der Waals surface area contributed by atoms with E-state index in [-0.39, 0.29) is 0 Å². The Balaban J connectivity index is 2.41. The molecule has 1 aromatic rings. The average molecular weight is 322 g/mol. The highest BCUT2D eigenvalue weighted by molar-refractivity contribution is 9.10. The summed E-state index contributed by atoms with van der Waals surface area (Å²) in [5.41, 5.74) is 1.25. The Kier molecular flexibility index (Phi) is 7.86. The minimum absolute atomic E-state index is 0.329. The normalized spacial score (nSPS) is 12.6. The molecule has 1 rings (SSSR count). The van der Waals surface area contributed by atoms with Gasteiger partial charge in [-0.1, -0.05) is 34.1 Å². The number of halogens is 2. The van der Waals surface area contributed by atoms with Gasteiger partial charge in [-0.25, -0.2) is 0 Å². The summed E-state index contributed by atoms with van der Waals surface area (Å²) in [6, 6.07) is 8.19. The molecule has 0 N–H and O–H groups in total. The van der Waals surface area contributed by atoms with Crippen LogP contribution in [0.1, 0.15) is 17.9 Å². The Morgan fingerprint density at radius 2 is 2.00 bits per heavy atom. The molecule has 1 aromatic carbocycles. The second kappa shape index (κ2) is 8.92. The van der Waals surface area contributed by atoms with Crippen molar-refractivity contribution in [1.82, 2.24) is 0 Å². The van der Waals surface area contributed by atoms with Gasteiger partial charge in [-0.15, -0.1) is 11.6 Å². The smallest absolute Gasteiger partial charge is 0.0700 e.